The van der Waals surface area contributed by atoms with Crippen molar-refractivity contribution in [3.63, 3.8) is 0 Å². The van der Waals surface area contributed by atoms with Gasteiger partial charge in [-0.05, 0) is 23.6 Å². The number of ether oxygens (including phenoxy) is 1. The smallest absolute Gasteiger partial charge is 0.191 e. The summed E-state index contributed by atoms with van der Waals surface area (Å²) in [5.74, 6) is 0.800. The van der Waals surface area contributed by atoms with Crippen molar-refractivity contribution in [3.8, 4) is 0 Å². The van der Waals surface area contributed by atoms with Gasteiger partial charge in [0.2, 0.25) is 0 Å². The summed E-state index contributed by atoms with van der Waals surface area (Å²) in [4.78, 5) is 8.74. The molecular formula is C18H25IN4O. The first-order valence-electron chi connectivity index (χ1n) is 7.82. The van der Waals surface area contributed by atoms with Gasteiger partial charge >= 0.3 is 0 Å². The highest BCUT2D eigenvalue weighted by Crippen LogP contribution is 1.99. The highest BCUT2D eigenvalue weighted by Gasteiger charge is 1.99. The van der Waals surface area contributed by atoms with Crippen LogP contribution in [0.15, 0.2) is 59.9 Å². The number of halogens is 1. The maximum atomic E-state index is 5.07. The largest absolute Gasteiger partial charge is 0.385 e. The summed E-state index contributed by atoms with van der Waals surface area (Å²) < 4.78 is 5.07. The number of guanidine groups is 1. The van der Waals surface area contributed by atoms with Crippen LogP contribution in [0.1, 0.15) is 17.5 Å². The van der Waals surface area contributed by atoms with E-state index in [1.54, 1.807) is 13.3 Å². The summed E-state index contributed by atoms with van der Waals surface area (Å²) >= 11 is 0. The Morgan fingerprint density at radius 1 is 1.08 bits per heavy atom. The second kappa shape index (κ2) is 12.7. The van der Waals surface area contributed by atoms with Gasteiger partial charge in [-0.25, -0.2) is 4.99 Å². The summed E-state index contributed by atoms with van der Waals surface area (Å²) in [5.41, 5.74) is 2.31. The Morgan fingerprint density at radius 3 is 2.58 bits per heavy atom. The molecule has 5 nitrogen and oxygen atoms in total. The van der Waals surface area contributed by atoms with Crippen LogP contribution >= 0.6 is 24.0 Å². The molecule has 0 bridgehead atoms. The zero-order valence-corrected chi connectivity index (χ0v) is 16.3. The van der Waals surface area contributed by atoms with Crippen molar-refractivity contribution in [3.05, 3.63) is 66.0 Å². The molecule has 0 aliphatic heterocycles. The molecule has 0 radical (unpaired) electrons. The Hall–Kier alpha value is -1.67. The first-order valence-corrected chi connectivity index (χ1v) is 7.82. The topological polar surface area (TPSA) is 58.5 Å². The molecule has 1 heterocycles. The lowest BCUT2D eigenvalue weighted by molar-refractivity contribution is 0.195. The van der Waals surface area contributed by atoms with E-state index in [-0.39, 0.29) is 24.0 Å². The number of methoxy groups -OCH3 is 1. The van der Waals surface area contributed by atoms with Crippen LogP contribution in [0.4, 0.5) is 0 Å². The van der Waals surface area contributed by atoms with E-state index < -0.39 is 0 Å². The van der Waals surface area contributed by atoms with Crippen LogP contribution in [0.2, 0.25) is 0 Å². The fourth-order valence-electron chi connectivity index (χ4n) is 2.04. The second-order valence-corrected chi connectivity index (χ2v) is 5.14. The van der Waals surface area contributed by atoms with Crippen molar-refractivity contribution >= 4 is 29.9 Å². The molecule has 0 saturated heterocycles. The quantitative estimate of drug-likeness (QED) is 0.287. The fraction of sp³-hybridized carbons (Fsp3) is 0.333. The summed E-state index contributed by atoms with van der Waals surface area (Å²) in [6.07, 6.45) is 4.55. The lowest BCUT2D eigenvalue weighted by Gasteiger charge is -2.12. The first-order chi connectivity index (χ1) is 11.4. The third-order valence-corrected chi connectivity index (χ3v) is 3.26. The summed E-state index contributed by atoms with van der Waals surface area (Å²) in [6, 6.07) is 14.2. The molecule has 1 aromatic carbocycles. The zero-order valence-electron chi connectivity index (χ0n) is 13.9. The number of hydrogen-bond donors (Lipinski definition) is 2. The highest BCUT2D eigenvalue weighted by molar-refractivity contribution is 14.0. The van der Waals surface area contributed by atoms with Gasteiger partial charge in [0.25, 0.3) is 0 Å². The molecule has 2 rings (SSSR count). The van der Waals surface area contributed by atoms with Crippen molar-refractivity contribution in [1.82, 2.24) is 15.6 Å². The van der Waals surface area contributed by atoms with Crippen LogP contribution in [0, 0.1) is 0 Å². The average Bonchev–Trinajstić information content (AvgIpc) is 2.62. The summed E-state index contributed by atoms with van der Waals surface area (Å²) in [7, 11) is 1.71. The fourth-order valence-corrected chi connectivity index (χ4v) is 2.04. The van der Waals surface area contributed by atoms with Gasteiger partial charge in [0, 0.05) is 39.2 Å². The van der Waals surface area contributed by atoms with Crippen molar-refractivity contribution < 1.29 is 4.74 Å². The molecule has 24 heavy (non-hydrogen) atoms. The minimum Gasteiger partial charge on any atom is -0.385 e. The minimum absolute atomic E-state index is 0. The molecule has 2 N–H and O–H groups in total. The zero-order chi connectivity index (χ0) is 16.2. The van der Waals surface area contributed by atoms with Crippen LogP contribution < -0.4 is 10.6 Å². The number of aromatic nitrogens is 1. The van der Waals surface area contributed by atoms with Gasteiger partial charge in [-0.3, -0.25) is 4.98 Å². The monoisotopic (exact) mass is 440 g/mol. The van der Waals surface area contributed by atoms with Gasteiger partial charge in [-0.2, -0.15) is 0 Å². The Bertz CT molecular complexity index is 578. The van der Waals surface area contributed by atoms with Crippen molar-refractivity contribution in [2.75, 3.05) is 20.3 Å². The van der Waals surface area contributed by atoms with Crippen LogP contribution in [-0.2, 0) is 17.8 Å². The molecule has 0 spiro atoms. The van der Waals surface area contributed by atoms with E-state index in [0.717, 1.165) is 37.6 Å². The Balaban J connectivity index is 0.00000288. The van der Waals surface area contributed by atoms with Crippen molar-refractivity contribution in [2.45, 2.75) is 19.5 Å². The van der Waals surface area contributed by atoms with Gasteiger partial charge in [0.15, 0.2) is 5.96 Å². The van der Waals surface area contributed by atoms with E-state index in [4.69, 9.17) is 4.74 Å². The molecule has 0 aliphatic rings. The summed E-state index contributed by atoms with van der Waals surface area (Å²) in [6.45, 7) is 2.90. The third-order valence-electron chi connectivity index (χ3n) is 3.26. The third kappa shape index (κ3) is 8.26. The van der Waals surface area contributed by atoms with E-state index in [1.807, 2.05) is 36.5 Å². The number of benzene rings is 1. The summed E-state index contributed by atoms with van der Waals surface area (Å²) in [5, 5.41) is 6.69. The van der Waals surface area contributed by atoms with Gasteiger partial charge < -0.3 is 15.4 Å². The van der Waals surface area contributed by atoms with Gasteiger partial charge in [-0.1, -0.05) is 36.4 Å². The molecule has 0 amide bonds. The molecular weight excluding hydrogens is 415 g/mol. The lowest BCUT2D eigenvalue weighted by atomic mass is 10.2. The Labute approximate surface area is 161 Å². The molecule has 0 aliphatic carbocycles. The van der Waals surface area contributed by atoms with E-state index in [0.29, 0.717) is 6.54 Å². The molecule has 2 aromatic rings. The molecule has 0 saturated carbocycles. The standard InChI is InChI=1S/C18H24N4O.HI/c1-23-12-6-11-20-18(21-14-16-7-3-2-4-8-16)22-15-17-9-5-10-19-13-17;/h2-5,7-10,13H,6,11-12,14-15H2,1H3,(H2,20,21,22);1H. The molecule has 6 heteroatoms. The first kappa shape index (κ1) is 20.4. The molecule has 0 atom stereocenters. The molecule has 0 unspecified atom stereocenters. The number of hydrogen-bond acceptors (Lipinski definition) is 3. The van der Waals surface area contributed by atoms with Gasteiger partial charge in [-0.15, -0.1) is 24.0 Å². The van der Waals surface area contributed by atoms with E-state index in [2.05, 4.69) is 32.7 Å². The number of pyridine rings is 1. The number of aliphatic imine (C=N–C) groups is 1. The van der Waals surface area contributed by atoms with Crippen molar-refractivity contribution in [2.24, 2.45) is 4.99 Å². The maximum Gasteiger partial charge on any atom is 0.191 e. The number of nitrogens with zero attached hydrogens (tertiary/aromatic N) is 2. The average molecular weight is 440 g/mol. The van der Waals surface area contributed by atoms with Crippen LogP contribution in [0.25, 0.3) is 0 Å². The van der Waals surface area contributed by atoms with Gasteiger partial charge in [0.05, 0.1) is 6.54 Å². The van der Waals surface area contributed by atoms with Gasteiger partial charge in [0.1, 0.15) is 0 Å². The normalized spacial score (nSPS) is 10.8. The van der Waals surface area contributed by atoms with E-state index in [1.165, 1.54) is 5.56 Å². The Morgan fingerprint density at radius 2 is 1.88 bits per heavy atom. The molecule has 130 valence electrons. The van der Waals surface area contributed by atoms with E-state index >= 15 is 0 Å². The number of nitrogens with one attached hydrogen (secondary N) is 2. The van der Waals surface area contributed by atoms with E-state index in [9.17, 15) is 0 Å². The SMILES string of the molecule is COCCCNC(=NCc1cccnc1)NCc1ccccc1.I. The van der Waals surface area contributed by atoms with Crippen LogP contribution in [0.3, 0.4) is 0 Å². The van der Waals surface area contributed by atoms with Crippen LogP contribution in [-0.4, -0.2) is 31.2 Å². The Kier molecular flexibility index (Phi) is 10.8. The minimum atomic E-state index is 0. The second-order valence-electron chi connectivity index (χ2n) is 5.14. The predicted molar refractivity (Wildman–Crippen MR) is 109 cm³/mol. The molecule has 0 fully saturated rings. The highest BCUT2D eigenvalue weighted by atomic mass is 127. The lowest BCUT2D eigenvalue weighted by Crippen LogP contribution is -2.37. The molecule has 1 aromatic heterocycles. The number of rotatable bonds is 8. The van der Waals surface area contributed by atoms with Crippen molar-refractivity contribution in [1.29, 1.82) is 0 Å². The van der Waals surface area contributed by atoms with Crippen LogP contribution in [0.5, 0.6) is 0 Å². The predicted octanol–water partition coefficient (Wildman–Crippen LogP) is 2.97. The maximum absolute atomic E-state index is 5.07.